The number of rotatable bonds is 8. The fourth-order valence-electron chi connectivity index (χ4n) is 2.68. The standard InChI is InChI=1S/C20H27NO3S/c1-15(2)18-12-13-19(24-4)20(14-18)25(22,23)21-16(3)10-11-17-8-6-5-7-9-17/h5-9,12-16,21H,10-11H2,1-4H3/t16-/m1/s1. The highest BCUT2D eigenvalue weighted by Gasteiger charge is 2.22. The molecule has 25 heavy (non-hydrogen) atoms. The zero-order valence-electron chi connectivity index (χ0n) is 15.3. The van der Waals surface area contributed by atoms with Gasteiger partial charge >= 0.3 is 0 Å². The molecule has 0 saturated carbocycles. The highest BCUT2D eigenvalue weighted by molar-refractivity contribution is 7.89. The molecule has 1 N–H and O–H groups in total. The molecule has 0 aliphatic carbocycles. The predicted octanol–water partition coefficient (Wildman–Crippen LogP) is 4.12. The summed E-state index contributed by atoms with van der Waals surface area (Å²) >= 11 is 0. The first-order valence-electron chi connectivity index (χ1n) is 8.57. The summed E-state index contributed by atoms with van der Waals surface area (Å²) < 4.78 is 33.7. The molecular formula is C20H27NO3S. The molecule has 0 aliphatic heterocycles. The van der Waals surface area contributed by atoms with Crippen LogP contribution < -0.4 is 9.46 Å². The fraction of sp³-hybridized carbons (Fsp3) is 0.400. The highest BCUT2D eigenvalue weighted by atomic mass is 32.2. The molecule has 2 aromatic rings. The normalized spacial score (nSPS) is 13.0. The molecule has 0 bridgehead atoms. The Kier molecular flexibility index (Phi) is 6.62. The quantitative estimate of drug-likeness (QED) is 0.769. The second-order valence-electron chi connectivity index (χ2n) is 6.61. The van der Waals surface area contributed by atoms with E-state index < -0.39 is 10.0 Å². The number of methoxy groups -OCH3 is 1. The van der Waals surface area contributed by atoms with Crippen molar-refractivity contribution in [3.8, 4) is 5.75 Å². The van der Waals surface area contributed by atoms with E-state index in [2.05, 4.69) is 16.9 Å². The lowest BCUT2D eigenvalue weighted by Gasteiger charge is -2.17. The van der Waals surface area contributed by atoms with Crippen LogP contribution in [0.2, 0.25) is 0 Å². The predicted molar refractivity (Wildman–Crippen MR) is 102 cm³/mol. The van der Waals surface area contributed by atoms with Crippen molar-refractivity contribution in [2.75, 3.05) is 7.11 Å². The summed E-state index contributed by atoms with van der Waals surface area (Å²) in [6.45, 7) is 5.96. The maximum Gasteiger partial charge on any atom is 0.244 e. The zero-order chi connectivity index (χ0) is 18.4. The van der Waals surface area contributed by atoms with Gasteiger partial charge in [-0.25, -0.2) is 13.1 Å². The number of sulfonamides is 1. The number of hydrogen-bond acceptors (Lipinski definition) is 3. The average Bonchev–Trinajstić information content (AvgIpc) is 2.60. The van der Waals surface area contributed by atoms with Gasteiger partial charge in [0.05, 0.1) is 7.11 Å². The van der Waals surface area contributed by atoms with E-state index in [0.717, 1.165) is 18.4 Å². The molecule has 0 unspecified atom stereocenters. The van der Waals surface area contributed by atoms with Gasteiger partial charge in [0.2, 0.25) is 10.0 Å². The van der Waals surface area contributed by atoms with Gasteiger partial charge < -0.3 is 4.74 Å². The second-order valence-corrected chi connectivity index (χ2v) is 8.29. The Morgan fingerprint density at radius 2 is 1.72 bits per heavy atom. The van der Waals surface area contributed by atoms with E-state index in [4.69, 9.17) is 4.74 Å². The van der Waals surface area contributed by atoms with E-state index in [1.165, 1.54) is 12.7 Å². The Hall–Kier alpha value is -1.85. The van der Waals surface area contributed by atoms with Crippen LogP contribution >= 0.6 is 0 Å². The van der Waals surface area contributed by atoms with Crippen molar-refractivity contribution in [1.82, 2.24) is 4.72 Å². The van der Waals surface area contributed by atoms with Crippen LogP contribution in [0.4, 0.5) is 0 Å². The van der Waals surface area contributed by atoms with Gasteiger partial charge in [-0.05, 0) is 48.9 Å². The average molecular weight is 362 g/mol. The van der Waals surface area contributed by atoms with Gasteiger partial charge in [0.1, 0.15) is 10.6 Å². The summed E-state index contributed by atoms with van der Waals surface area (Å²) in [6.07, 6.45) is 1.56. The lowest BCUT2D eigenvalue weighted by Crippen LogP contribution is -2.33. The molecule has 0 saturated heterocycles. The summed E-state index contributed by atoms with van der Waals surface area (Å²) in [6, 6.07) is 15.2. The van der Waals surface area contributed by atoms with E-state index in [1.807, 2.05) is 45.0 Å². The Balaban J connectivity index is 2.13. The van der Waals surface area contributed by atoms with Crippen LogP contribution in [-0.4, -0.2) is 21.6 Å². The van der Waals surface area contributed by atoms with Crippen molar-refractivity contribution in [3.63, 3.8) is 0 Å². The van der Waals surface area contributed by atoms with Crippen molar-refractivity contribution < 1.29 is 13.2 Å². The van der Waals surface area contributed by atoms with Gasteiger partial charge in [-0.2, -0.15) is 0 Å². The van der Waals surface area contributed by atoms with Gasteiger partial charge in [-0.15, -0.1) is 0 Å². The molecule has 0 spiro atoms. The Bertz CT molecular complexity index is 786. The summed E-state index contributed by atoms with van der Waals surface area (Å²) in [4.78, 5) is 0.202. The van der Waals surface area contributed by atoms with Crippen molar-refractivity contribution in [2.24, 2.45) is 0 Å². The first kappa shape index (κ1) is 19.5. The van der Waals surface area contributed by atoms with Gasteiger partial charge in [0.25, 0.3) is 0 Å². The summed E-state index contributed by atoms with van der Waals surface area (Å²) in [5, 5.41) is 0. The number of ether oxygens (including phenoxy) is 1. The maximum absolute atomic E-state index is 12.8. The van der Waals surface area contributed by atoms with Crippen LogP contribution in [0.5, 0.6) is 5.75 Å². The smallest absolute Gasteiger partial charge is 0.244 e. The van der Waals surface area contributed by atoms with Crippen molar-refractivity contribution in [1.29, 1.82) is 0 Å². The number of aryl methyl sites for hydroxylation is 1. The molecular weight excluding hydrogens is 334 g/mol. The Morgan fingerprint density at radius 1 is 1.04 bits per heavy atom. The third-order valence-electron chi connectivity index (χ3n) is 4.21. The van der Waals surface area contributed by atoms with E-state index in [9.17, 15) is 8.42 Å². The number of nitrogens with one attached hydrogen (secondary N) is 1. The molecule has 0 radical (unpaired) electrons. The Morgan fingerprint density at radius 3 is 2.32 bits per heavy atom. The third kappa shape index (κ3) is 5.31. The lowest BCUT2D eigenvalue weighted by atomic mass is 10.0. The molecule has 5 heteroatoms. The molecule has 2 rings (SSSR count). The lowest BCUT2D eigenvalue weighted by molar-refractivity contribution is 0.401. The minimum absolute atomic E-state index is 0.169. The fourth-order valence-corrected chi connectivity index (χ4v) is 4.16. The monoisotopic (exact) mass is 361 g/mol. The Labute approximate surface area is 151 Å². The van der Waals surface area contributed by atoms with Gasteiger partial charge in [-0.1, -0.05) is 50.2 Å². The van der Waals surface area contributed by atoms with Crippen molar-refractivity contribution >= 4 is 10.0 Å². The molecule has 0 heterocycles. The van der Waals surface area contributed by atoms with Crippen LogP contribution in [0, 0.1) is 0 Å². The van der Waals surface area contributed by atoms with E-state index in [0.29, 0.717) is 5.75 Å². The molecule has 0 aliphatic rings. The molecule has 1 atom stereocenters. The first-order valence-corrected chi connectivity index (χ1v) is 10.1. The van der Waals surface area contributed by atoms with Crippen LogP contribution in [0.15, 0.2) is 53.4 Å². The molecule has 2 aromatic carbocycles. The third-order valence-corrected chi connectivity index (χ3v) is 5.82. The minimum atomic E-state index is -3.64. The van der Waals surface area contributed by atoms with Gasteiger partial charge in [0, 0.05) is 6.04 Å². The molecule has 136 valence electrons. The van der Waals surface area contributed by atoms with Crippen LogP contribution in [0.1, 0.15) is 44.2 Å². The van der Waals surface area contributed by atoms with E-state index in [-0.39, 0.29) is 16.9 Å². The molecule has 0 aromatic heterocycles. The van der Waals surface area contributed by atoms with E-state index >= 15 is 0 Å². The topological polar surface area (TPSA) is 55.4 Å². The minimum Gasteiger partial charge on any atom is -0.495 e. The van der Waals surface area contributed by atoms with Crippen molar-refractivity contribution in [3.05, 3.63) is 59.7 Å². The van der Waals surface area contributed by atoms with Gasteiger partial charge in [0.15, 0.2) is 0 Å². The summed E-state index contributed by atoms with van der Waals surface area (Å²) in [7, 11) is -2.15. The summed E-state index contributed by atoms with van der Waals surface area (Å²) in [5.41, 5.74) is 2.17. The zero-order valence-corrected chi connectivity index (χ0v) is 16.1. The summed E-state index contributed by atoms with van der Waals surface area (Å²) in [5.74, 6) is 0.613. The highest BCUT2D eigenvalue weighted by Crippen LogP contribution is 2.28. The molecule has 0 fully saturated rings. The second kappa shape index (κ2) is 8.50. The van der Waals surface area contributed by atoms with Crippen LogP contribution in [-0.2, 0) is 16.4 Å². The first-order chi connectivity index (χ1) is 11.8. The largest absolute Gasteiger partial charge is 0.495 e. The van der Waals surface area contributed by atoms with Gasteiger partial charge in [-0.3, -0.25) is 0 Å². The maximum atomic E-state index is 12.8. The molecule has 4 nitrogen and oxygen atoms in total. The van der Waals surface area contributed by atoms with E-state index in [1.54, 1.807) is 12.1 Å². The van der Waals surface area contributed by atoms with Crippen LogP contribution in [0.3, 0.4) is 0 Å². The van der Waals surface area contributed by atoms with Crippen molar-refractivity contribution in [2.45, 2.75) is 50.5 Å². The number of hydrogen-bond donors (Lipinski definition) is 1. The number of benzene rings is 2. The SMILES string of the molecule is COc1ccc(C(C)C)cc1S(=O)(=O)N[C@H](C)CCc1ccccc1. The van der Waals surface area contributed by atoms with Crippen LogP contribution in [0.25, 0.3) is 0 Å². The molecule has 0 amide bonds.